The second kappa shape index (κ2) is 11.6. The van der Waals surface area contributed by atoms with Crippen LogP contribution < -0.4 is 26.6 Å². The second-order valence-corrected chi connectivity index (χ2v) is 7.83. The second-order valence-electron chi connectivity index (χ2n) is 7.83. The molecule has 5 N–H and O–H groups in total. The van der Waals surface area contributed by atoms with Gasteiger partial charge in [-0.3, -0.25) is 5.01 Å². The van der Waals surface area contributed by atoms with Crippen molar-refractivity contribution in [2.45, 2.75) is 38.8 Å². The van der Waals surface area contributed by atoms with E-state index in [2.05, 4.69) is 10.4 Å². The van der Waals surface area contributed by atoms with Crippen molar-refractivity contribution < 1.29 is 19.1 Å². The summed E-state index contributed by atoms with van der Waals surface area (Å²) in [5.41, 5.74) is 0.616. The highest BCUT2D eigenvalue weighted by Crippen LogP contribution is 2.29. The van der Waals surface area contributed by atoms with E-state index >= 15 is 0 Å². The first-order valence-corrected chi connectivity index (χ1v) is 9.58. The number of nitrogens with two attached hydrogens (primary N) is 2. The molecule has 0 aliphatic carbocycles. The Morgan fingerprint density at radius 3 is 2.58 bits per heavy atom. The third kappa shape index (κ3) is 8.39. The molecule has 0 aliphatic heterocycles. The minimum absolute atomic E-state index is 0.0913. The van der Waals surface area contributed by atoms with E-state index in [1.807, 2.05) is 20.2 Å². The maximum absolute atomic E-state index is 11.9. The number of alkyl carbamates (subject to hydrolysis) is 1. The van der Waals surface area contributed by atoms with Gasteiger partial charge in [0, 0.05) is 26.2 Å². The number of ether oxygens (including phenoxy) is 2. The molecule has 11 heteroatoms. The number of nitrogens with zero attached hydrogens (tertiary/aromatic N) is 4. The van der Waals surface area contributed by atoms with E-state index in [9.17, 15) is 9.59 Å². The molecule has 1 atom stereocenters. The lowest BCUT2D eigenvalue weighted by Gasteiger charge is -2.24. The zero-order valence-corrected chi connectivity index (χ0v) is 18.6. The zero-order valence-electron chi connectivity index (χ0n) is 18.6. The molecule has 1 amide bonds. The molecular formula is C20H31N7O4. The fraction of sp³-hybridized carbons (Fsp3) is 0.500. The van der Waals surface area contributed by atoms with Gasteiger partial charge in [-0.2, -0.15) is 10.4 Å². The van der Waals surface area contributed by atoms with Crippen LogP contribution in [0.1, 0.15) is 32.8 Å². The largest absolute Gasteiger partial charge is 0.489 e. The third-order valence-corrected chi connectivity index (χ3v) is 3.84. The van der Waals surface area contributed by atoms with Crippen molar-refractivity contribution in [2.24, 2.45) is 16.8 Å². The smallest absolute Gasteiger partial charge is 0.408 e. The molecule has 0 radical (unpaired) electrons. The van der Waals surface area contributed by atoms with Gasteiger partial charge in [0.25, 0.3) is 0 Å². The molecule has 0 bridgehead atoms. The van der Waals surface area contributed by atoms with E-state index in [0.717, 1.165) is 0 Å². The van der Waals surface area contributed by atoms with Gasteiger partial charge >= 0.3 is 6.09 Å². The van der Waals surface area contributed by atoms with E-state index in [1.54, 1.807) is 43.9 Å². The molecule has 1 rings (SSSR count). The normalized spacial score (nSPS) is 12.4. The lowest BCUT2D eigenvalue weighted by atomic mass is 10.1. The maximum Gasteiger partial charge on any atom is 0.408 e. The summed E-state index contributed by atoms with van der Waals surface area (Å²) in [6.07, 6.45) is 0.0871. The van der Waals surface area contributed by atoms with Crippen molar-refractivity contribution in [1.82, 2.24) is 10.3 Å². The Balaban J connectivity index is 2.97. The number of amides is 1. The number of amidine groups is 1. The van der Waals surface area contributed by atoms with Crippen LogP contribution in [0.15, 0.2) is 23.3 Å². The number of hydrogen-bond acceptors (Lipinski definition) is 9. The zero-order chi connectivity index (χ0) is 23.6. The third-order valence-electron chi connectivity index (χ3n) is 3.84. The summed E-state index contributed by atoms with van der Waals surface area (Å²) < 4.78 is 10.9. The number of nitriles is 1. The number of carbonyl (C=O) groups is 2. The average Bonchev–Trinajstić information content (AvgIpc) is 2.68. The molecule has 0 saturated heterocycles. The Hall–Kier alpha value is -3.52. The molecular weight excluding hydrogens is 402 g/mol. The van der Waals surface area contributed by atoms with Gasteiger partial charge in [0.1, 0.15) is 30.3 Å². The fourth-order valence-electron chi connectivity index (χ4n) is 2.47. The van der Waals surface area contributed by atoms with Crippen LogP contribution in [0.25, 0.3) is 0 Å². The minimum Gasteiger partial charge on any atom is -0.489 e. The molecule has 1 aromatic carbocycles. The molecule has 170 valence electrons. The van der Waals surface area contributed by atoms with Gasteiger partial charge in [0.15, 0.2) is 5.84 Å². The number of carbonyl (C=O) groups excluding carboxylic acids is 2. The van der Waals surface area contributed by atoms with E-state index in [1.165, 1.54) is 5.01 Å². The van der Waals surface area contributed by atoms with Gasteiger partial charge in [-0.05, 0) is 39.0 Å². The van der Waals surface area contributed by atoms with Gasteiger partial charge in [-0.25, -0.2) is 10.6 Å². The molecule has 0 spiro atoms. The van der Waals surface area contributed by atoms with Gasteiger partial charge in [0.2, 0.25) is 0 Å². The van der Waals surface area contributed by atoms with Crippen molar-refractivity contribution in [3.63, 3.8) is 0 Å². The van der Waals surface area contributed by atoms with Crippen LogP contribution in [0.4, 0.5) is 10.5 Å². The number of hydrazone groups is 1. The van der Waals surface area contributed by atoms with Crippen LogP contribution in [0.5, 0.6) is 5.75 Å². The number of rotatable bonds is 9. The van der Waals surface area contributed by atoms with E-state index in [4.69, 9.17) is 26.4 Å². The number of nitrogens with one attached hydrogen (secondary N) is 1. The molecule has 0 fully saturated rings. The van der Waals surface area contributed by atoms with Gasteiger partial charge in [-0.15, -0.1) is 0 Å². The number of hydrogen-bond donors (Lipinski definition) is 3. The predicted molar refractivity (Wildman–Crippen MR) is 117 cm³/mol. The van der Waals surface area contributed by atoms with Crippen LogP contribution in [0, 0.1) is 11.3 Å². The minimum atomic E-state index is -0.892. The van der Waals surface area contributed by atoms with Crippen molar-refractivity contribution in [3.05, 3.63) is 23.8 Å². The highest BCUT2D eigenvalue weighted by Gasteiger charge is 2.20. The number of aldehydes is 1. The summed E-state index contributed by atoms with van der Waals surface area (Å²) in [5, 5.41) is 16.2. The van der Waals surface area contributed by atoms with Crippen molar-refractivity contribution in [2.75, 3.05) is 32.1 Å². The van der Waals surface area contributed by atoms with Crippen molar-refractivity contribution in [1.29, 1.82) is 5.26 Å². The quantitative estimate of drug-likeness (QED) is 0.169. The lowest BCUT2D eigenvalue weighted by Crippen LogP contribution is -2.43. The van der Waals surface area contributed by atoms with Crippen molar-refractivity contribution >= 4 is 23.9 Å². The van der Waals surface area contributed by atoms with Crippen LogP contribution in [-0.2, 0) is 9.53 Å². The van der Waals surface area contributed by atoms with Gasteiger partial charge in [-0.1, -0.05) is 0 Å². The first kappa shape index (κ1) is 25.5. The highest BCUT2D eigenvalue weighted by molar-refractivity contribution is 5.99. The molecule has 0 heterocycles. The van der Waals surface area contributed by atoms with Gasteiger partial charge in [0.05, 0.1) is 18.2 Å². The summed E-state index contributed by atoms with van der Waals surface area (Å²) in [4.78, 5) is 25.1. The first-order chi connectivity index (χ1) is 14.5. The molecule has 0 saturated carbocycles. The summed E-state index contributed by atoms with van der Waals surface area (Å²) >= 11 is 0. The summed E-state index contributed by atoms with van der Waals surface area (Å²) in [7, 11) is 3.63. The van der Waals surface area contributed by atoms with E-state index < -0.39 is 17.7 Å². The topological polar surface area (TPSA) is 159 Å². The molecule has 31 heavy (non-hydrogen) atoms. The molecule has 0 unspecified atom stereocenters. The summed E-state index contributed by atoms with van der Waals surface area (Å²) in [6.45, 7) is 5.36. The van der Waals surface area contributed by atoms with Crippen LogP contribution in [0.2, 0.25) is 0 Å². The SMILES string of the molecule is CN(C)c1cc(/C(=N/N)N(N)CCC#N)ccc1OC[C@@H](C=O)NC(=O)OC(C)(C)C. The number of benzene rings is 1. The molecule has 0 aliphatic rings. The van der Waals surface area contributed by atoms with E-state index in [-0.39, 0.29) is 19.6 Å². The average molecular weight is 434 g/mol. The lowest BCUT2D eigenvalue weighted by molar-refractivity contribution is -0.110. The Morgan fingerprint density at radius 2 is 2.06 bits per heavy atom. The van der Waals surface area contributed by atoms with E-state index in [0.29, 0.717) is 29.1 Å². The Bertz CT molecular complexity index is 828. The first-order valence-electron chi connectivity index (χ1n) is 9.58. The number of hydrazine groups is 1. The fourth-order valence-corrected chi connectivity index (χ4v) is 2.47. The van der Waals surface area contributed by atoms with Crippen LogP contribution in [0.3, 0.4) is 0 Å². The standard InChI is InChI=1S/C20H31N7O4/c1-20(2,3)31-19(29)24-15(12-28)13-30-17-8-7-14(11-16(17)26(4)5)18(25-22)27(23)10-6-9-21/h7-8,11-12,15H,6,10,13,22-23H2,1-5H3,(H,24,29)/b25-18-/t15-/m1/s1. The Kier molecular flexibility index (Phi) is 9.56. The maximum atomic E-state index is 11.9. The van der Waals surface area contributed by atoms with Crippen molar-refractivity contribution in [3.8, 4) is 11.8 Å². The number of anilines is 1. The molecule has 0 aromatic heterocycles. The Morgan fingerprint density at radius 1 is 1.39 bits per heavy atom. The molecule has 1 aromatic rings. The summed E-state index contributed by atoms with van der Waals surface area (Å²) in [6, 6.07) is 6.28. The summed E-state index contributed by atoms with van der Waals surface area (Å²) in [5.74, 6) is 12.2. The Labute approximate surface area is 182 Å². The van der Waals surface area contributed by atoms with Crippen LogP contribution in [-0.4, -0.2) is 62.1 Å². The molecule has 11 nitrogen and oxygen atoms in total. The van der Waals surface area contributed by atoms with Crippen LogP contribution >= 0.6 is 0 Å². The predicted octanol–water partition coefficient (Wildman–Crippen LogP) is 0.933. The highest BCUT2D eigenvalue weighted by atomic mass is 16.6. The monoisotopic (exact) mass is 433 g/mol. The van der Waals surface area contributed by atoms with Gasteiger partial charge < -0.3 is 30.3 Å².